The average molecular weight is 259 g/mol. The van der Waals surface area contributed by atoms with Crippen LogP contribution in [0.25, 0.3) is 0 Å². The molecule has 0 rings (SSSR count). The first kappa shape index (κ1) is 15.6. The molecule has 0 atom stereocenters. The molecule has 6 radical (unpaired) electrons. The van der Waals surface area contributed by atoms with Gasteiger partial charge in [0.2, 0.25) is 10.5 Å². The molecular weight excluding hydrogens is 236 g/mol. The Labute approximate surface area is 102 Å². The number of hydrogen-bond donors (Lipinski definition) is 0. The average Bonchev–Trinajstić information content (AvgIpc) is 2.27. The van der Waals surface area contributed by atoms with Crippen LogP contribution in [0.2, 0.25) is 12.1 Å². The standard InChI is InChI=1S/C10H22O2Si3/c1-3-5-6-7-8-9-10-15(4-2)12-14-11-13/h3-10H2,1-2H3. The van der Waals surface area contributed by atoms with E-state index in [0.717, 1.165) is 0 Å². The summed E-state index contributed by atoms with van der Waals surface area (Å²) in [6.07, 6.45) is 8.21. The molecular formula is C10H22O2Si3. The van der Waals surface area contributed by atoms with Crippen LogP contribution in [0.15, 0.2) is 0 Å². The highest BCUT2D eigenvalue weighted by atomic mass is 28.4. The second kappa shape index (κ2) is 12.6. The predicted octanol–water partition coefficient (Wildman–Crippen LogP) is 3.01. The first-order valence-electron chi connectivity index (χ1n) is 5.94. The van der Waals surface area contributed by atoms with Gasteiger partial charge in [0.05, 0.1) is 0 Å². The Bertz CT molecular complexity index is 125. The minimum Gasteiger partial charge on any atom is -0.435 e. The lowest BCUT2D eigenvalue weighted by molar-refractivity contribution is 0.483. The fraction of sp³-hybridized carbons (Fsp3) is 1.00. The third-order valence-corrected chi connectivity index (χ3v) is 5.95. The van der Waals surface area contributed by atoms with E-state index in [1.807, 2.05) is 0 Å². The monoisotopic (exact) mass is 258 g/mol. The Hall–Kier alpha value is 0.571. The smallest absolute Gasteiger partial charge is 0.409 e. The maximum absolute atomic E-state index is 5.63. The van der Waals surface area contributed by atoms with Crippen molar-refractivity contribution in [3.05, 3.63) is 0 Å². The van der Waals surface area contributed by atoms with Crippen LogP contribution in [-0.4, -0.2) is 29.5 Å². The molecule has 0 amide bonds. The lowest BCUT2D eigenvalue weighted by Gasteiger charge is -2.11. The molecule has 0 aromatic carbocycles. The van der Waals surface area contributed by atoms with Gasteiger partial charge in [-0.15, -0.1) is 0 Å². The van der Waals surface area contributed by atoms with Crippen LogP contribution in [0.5, 0.6) is 0 Å². The quantitative estimate of drug-likeness (QED) is 0.419. The van der Waals surface area contributed by atoms with Crippen molar-refractivity contribution in [1.82, 2.24) is 0 Å². The van der Waals surface area contributed by atoms with E-state index in [1.54, 1.807) is 0 Å². The van der Waals surface area contributed by atoms with Crippen molar-refractivity contribution < 1.29 is 8.23 Å². The van der Waals surface area contributed by atoms with E-state index in [2.05, 4.69) is 24.3 Å². The van der Waals surface area contributed by atoms with E-state index >= 15 is 0 Å². The van der Waals surface area contributed by atoms with Crippen molar-refractivity contribution in [3.63, 3.8) is 0 Å². The summed E-state index contributed by atoms with van der Waals surface area (Å²) in [4.78, 5) is 0. The summed E-state index contributed by atoms with van der Waals surface area (Å²) in [6.45, 7) is 4.47. The molecule has 0 fully saturated rings. The van der Waals surface area contributed by atoms with Crippen molar-refractivity contribution in [2.24, 2.45) is 0 Å². The van der Waals surface area contributed by atoms with Crippen LogP contribution in [-0.2, 0) is 8.23 Å². The van der Waals surface area contributed by atoms with Crippen LogP contribution >= 0.6 is 0 Å². The summed E-state index contributed by atoms with van der Waals surface area (Å²) in [7, 11) is 2.56. The largest absolute Gasteiger partial charge is 0.435 e. The summed E-state index contributed by atoms with van der Waals surface area (Å²) in [5.41, 5.74) is 0. The molecule has 0 bridgehead atoms. The Morgan fingerprint density at radius 3 is 2.33 bits per heavy atom. The molecule has 0 aromatic heterocycles. The van der Waals surface area contributed by atoms with E-state index in [1.165, 1.54) is 50.6 Å². The van der Waals surface area contributed by atoms with Gasteiger partial charge in [0.15, 0.2) is 9.04 Å². The minimum absolute atomic E-state index is 0.173. The third-order valence-electron chi connectivity index (χ3n) is 2.43. The molecule has 0 unspecified atom stereocenters. The van der Waals surface area contributed by atoms with Gasteiger partial charge >= 0.3 is 10.0 Å². The Balaban J connectivity index is 3.22. The van der Waals surface area contributed by atoms with Crippen LogP contribution in [0.1, 0.15) is 52.4 Å². The molecule has 0 spiro atoms. The van der Waals surface area contributed by atoms with Gasteiger partial charge in [-0.25, -0.2) is 0 Å². The van der Waals surface area contributed by atoms with Crippen molar-refractivity contribution in [2.75, 3.05) is 0 Å². The number of hydrogen-bond acceptors (Lipinski definition) is 2. The van der Waals surface area contributed by atoms with Gasteiger partial charge in [0.25, 0.3) is 0 Å². The lowest BCUT2D eigenvalue weighted by atomic mass is 10.1. The maximum Gasteiger partial charge on any atom is 0.409 e. The van der Waals surface area contributed by atoms with Crippen LogP contribution in [0.4, 0.5) is 0 Å². The van der Waals surface area contributed by atoms with Crippen LogP contribution in [0.3, 0.4) is 0 Å². The summed E-state index contributed by atoms with van der Waals surface area (Å²) in [5, 5.41) is 0. The lowest BCUT2D eigenvalue weighted by Crippen LogP contribution is -2.20. The van der Waals surface area contributed by atoms with E-state index < -0.39 is 9.04 Å². The van der Waals surface area contributed by atoms with Gasteiger partial charge in [-0.1, -0.05) is 52.4 Å². The molecule has 86 valence electrons. The molecule has 5 heteroatoms. The number of unbranched alkanes of at least 4 members (excludes halogenated alkanes) is 5. The zero-order valence-corrected chi connectivity index (χ0v) is 13.0. The summed E-state index contributed by atoms with van der Waals surface area (Å²) in [6, 6.07) is 2.46. The molecule has 0 aliphatic carbocycles. The molecule has 0 aromatic rings. The van der Waals surface area contributed by atoms with Crippen molar-refractivity contribution >= 4 is 29.5 Å². The normalized spacial score (nSPS) is 11.2. The van der Waals surface area contributed by atoms with Crippen molar-refractivity contribution in [1.29, 1.82) is 0 Å². The second-order valence-electron chi connectivity index (χ2n) is 3.70. The molecule has 0 saturated heterocycles. The van der Waals surface area contributed by atoms with E-state index in [0.29, 0.717) is 0 Å². The molecule has 0 heterocycles. The fourth-order valence-electron chi connectivity index (χ4n) is 1.48. The molecule has 0 N–H and O–H groups in total. The Morgan fingerprint density at radius 1 is 1.07 bits per heavy atom. The van der Waals surface area contributed by atoms with E-state index in [-0.39, 0.29) is 10.0 Å². The Kier molecular flexibility index (Phi) is 13.1. The number of rotatable bonds is 11. The van der Waals surface area contributed by atoms with Gasteiger partial charge in [0, 0.05) is 0 Å². The maximum atomic E-state index is 5.63. The van der Waals surface area contributed by atoms with Crippen molar-refractivity contribution in [3.8, 4) is 0 Å². The third kappa shape index (κ3) is 10.8. The molecule has 0 aliphatic rings. The van der Waals surface area contributed by atoms with E-state index in [9.17, 15) is 0 Å². The fourth-order valence-corrected chi connectivity index (χ4v) is 4.48. The minimum atomic E-state index is -0.583. The highest BCUT2D eigenvalue weighted by Crippen LogP contribution is 2.11. The topological polar surface area (TPSA) is 18.5 Å². The first-order chi connectivity index (χ1) is 7.35. The highest BCUT2D eigenvalue weighted by molar-refractivity contribution is 6.57. The highest BCUT2D eigenvalue weighted by Gasteiger charge is 2.10. The van der Waals surface area contributed by atoms with Gasteiger partial charge < -0.3 is 8.23 Å². The van der Waals surface area contributed by atoms with Gasteiger partial charge in [0.1, 0.15) is 0 Å². The van der Waals surface area contributed by atoms with Gasteiger partial charge in [-0.2, -0.15) is 0 Å². The zero-order chi connectivity index (χ0) is 11.4. The Morgan fingerprint density at radius 2 is 1.73 bits per heavy atom. The second-order valence-corrected chi connectivity index (χ2v) is 7.78. The predicted molar refractivity (Wildman–Crippen MR) is 68.1 cm³/mol. The SMILES string of the molecule is CCCCCCCC[Si](CC)O[Si]O[Si]. The molecule has 2 nitrogen and oxygen atoms in total. The summed E-state index contributed by atoms with van der Waals surface area (Å²) in [5.74, 6) is 0. The molecule has 15 heavy (non-hydrogen) atoms. The van der Waals surface area contributed by atoms with Crippen molar-refractivity contribution in [2.45, 2.75) is 64.5 Å². The van der Waals surface area contributed by atoms with Crippen LogP contribution in [0, 0.1) is 0 Å². The molecule has 0 saturated carbocycles. The summed E-state index contributed by atoms with van der Waals surface area (Å²) < 4.78 is 10.4. The molecule has 0 aliphatic heterocycles. The van der Waals surface area contributed by atoms with Gasteiger partial charge in [-0.05, 0) is 12.1 Å². The van der Waals surface area contributed by atoms with Gasteiger partial charge in [-0.3, -0.25) is 0 Å². The first-order valence-corrected chi connectivity index (χ1v) is 8.99. The van der Waals surface area contributed by atoms with Crippen LogP contribution < -0.4 is 0 Å². The zero-order valence-electron chi connectivity index (χ0n) is 9.97. The summed E-state index contributed by atoms with van der Waals surface area (Å²) >= 11 is 0. The van der Waals surface area contributed by atoms with E-state index in [4.69, 9.17) is 8.23 Å².